The van der Waals surface area contributed by atoms with Crippen molar-refractivity contribution in [3.05, 3.63) is 60.7 Å². The Morgan fingerprint density at radius 3 is 2.55 bits per heavy atom. The standard InChI is InChI=1S/C16H13F2O2/c1-3-7-20-13-9-14(17)16(15(18)10-13)11-5-4-6-12(8-11)19-2/h3-5,8-10H,1,7H2,2H3. The summed E-state index contributed by atoms with van der Waals surface area (Å²) < 4.78 is 38.2. The lowest BCUT2D eigenvalue weighted by molar-refractivity contribution is 0.358. The number of methoxy groups -OCH3 is 1. The zero-order valence-electron chi connectivity index (χ0n) is 11.0. The third kappa shape index (κ3) is 2.96. The van der Waals surface area contributed by atoms with E-state index >= 15 is 0 Å². The van der Waals surface area contributed by atoms with Crippen LogP contribution in [0.3, 0.4) is 0 Å². The van der Waals surface area contributed by atoms with Gasteiger partial charge in [0.05, 0.1) is 12.7 Å². The number of ether oxygens (including phenoxy) is 2. The van der Waals surface area contributed by atoms with Crippen molar-refractivity contribution in [3.63, 3.8) is 0 Å². The smallest absolute Gasteiger partial charge is 0.137 e. The highest BCUT2D eigenvalue weighted by Crippen LogP contribution is 2.31. The van der Waals surface area contributed by atoms with Gasteiger partial charge in [-0.05, 0) is 17.7 Å². The van der Waals surface area contributed by atoms with E-state index < -0.39 is 11.6 Å². The van der Waals surface area contributed by atoms with Gasteiger partial charge in [-0.2, -0.15) is 0 Å². The number of hydrogen-bond acceptors (Lipinski definition) is 2. The molecule has 0 heterocycles. The second kappa shape index (κ2) is 6.19. The van der Waals surface area contributed by atoms with Crippen LogP contribution in [0.15, 0.2) is 43.0 Å². The average molecular weight is 275 g/mol. The predicted molar refractivity (Wildman–Crippen MR) is 72.9 cm³/mol. The molecule has 1 radical (unpaired) electrons. The summed E-state index contributed by atoms with van der Waals surface area (Å²) in [6, 6.07) is 9.73. The van der Waals surface area contributed by atoms with E-state index in [-0.39, 0.29) is 17.9 Å². The zero-order valence-corrected chi connectivity index (χ0v) is 11.0. The molecular weight excluding hydrogens is 262 g/mol. The fourth-order valence-corrected chi connectivity index (χ4v) is 1.78. The maximum atomic E-state index is 14.1. The van der Waals surface area contributed by atoms with Crippen LogP contribution in [0.5, 0.6) is 11.5 Å². The van der Waals surface area contributed by atoms with Gasteiger partial charge >= 0.3 is 0 Å². The molecule has 0 N–H and O–H groups in total. The van der Waals surface area contributed by atoms with Crippen LogP contribution >= 0.6 is 0 Å². The number of halogens is 2. The molecule has 0 saturated carbocycles. The average Bonchev–Trinajstić information content (AvgIpc) is 2.44. The Hall–Kier alpha value is -2.36. The van der Waals surface area contributed by atoms with Gasteiger partial charge in [0.15, 0.2) is 0 Å². The van der Waals surface area contributed by atoms with E-state index in [0.717, 1.165) is 12.1 Å². The van der Waals surface area contributed by atoms with Crippen LogP contribution in [0, 0.1) is 17.7 Å². The molecule has 0 bridgehead atoms. The van der Waals surface area contributed by atoms with Crippen LogP contribution in [0.2, 0.25) is 0 Å². The summed E-state index contributed by atoms with van der Waals surface area (Å²) in [4.78, 5) is 0. The van der Waals surface area contributed by atoms with Crippen molar-refractivity contribution in [2.75, 3.05) is 13.7 Å². The summed E-state index contributed by atoms with van der Waals surface area (Å²) in [5, 5.41) is 0. The molecule has 2 nitrogen and oxygen atoms in total. The molecule has 0 saturated heterocycles. The lowest BCUT2D eigenvalue weighted by atomic mass is 10.0. The molecule has 2 rings (SSSR count). The molecule has 0 aromatic heterocycles. The summed E-state index contributed by atoms with van der Waals surface area (Å²) >= 11 is 0. The van der Waals surface area contributed by atoms with E-state index in [0.29, 0.717) is 11.3 Å². The molecule has 4 heteroatoms. The minimum absolute atomic E-state index is 0.122. The van der Waals surface area contributed by atoms with Crippen molar-refractivity contribution < 1.29 is 18.3 Å². The lowest BCUT2D eigenvalue weighted by Crippen LogP contribution is -1.97. The van der Waals surface area contributed by atoms with Gasteiger partial charge in [0, 0.05) is 18.2 Å². The second-order valence-electron chi connectivity index (χ2n) is 4.01. The summed E-state index contributed by atoms with van der Waals surface area (Å²) in [7, 11) is 1.47. The minimum atomic E-state index is -0.697. The molecular formula is C16H13F2O2. The van der Waals surface area contributed by atoms with Gasteiger partial charge in [-0.1, -0.05) is 18.7 Å². The Balaban J connectivity index is 2.43. The Labute approximate surface area is 116 Å². The SMILES string of the molecule is C=CCOc1cc(F)c(-c2cc[c]c(OC)c2)c(F)c1. The van der Waals surface area contributed by atoms with Crippen molar-refractivity contribution in [1.82, 2.24) is 0 Å². The first-order valence-corrected chi connectivity index (χ1v) is 5.94. The topological polar surface area (TPSA) is 18.5 Å². The van der Waals surface area contributed by atoms with Gasteiger partial charge in [0.2, 0.25) is 0 Å². The molecule has 0 aliphatic heterocycles. The van der Waals surface area contributed by atoms with E-state index in [9.17, 15) is 8.78 Å². The van der Waals surface area contributed by atoms with Gasteiger partial charge in [-0.15, -0.1) is 0 Å². The van der Waals surface area contributed by atoms with Crippen molar-refractivity contribution in [2.45, 2.75) is 0 Å². The highest BCUT2D eigenvalue weighted by molar-refractivity contribution is 5.67. The molecule has 0 spiro atoms. The van der Waals surface area contributed by atoms with Crippen molar-refractivity contribution in [1.29, 1.82) is 0 Å². The van der Waals surface area contributed by atoms with Crippen LogP contribution in [-0.4, -0.2) is 13.7 Å². The summed E-state index contributed by atoms with van der Waals surface area (Å²) in [6.07, 6.45) is 1.50. The third-order valence-electron chi connectivity index (χ3n) is 2.67. The first kappa shape index (κ1) is 14.1. The van der Waals surface area contributed by atoms with E-state index in [2.05, 4.69) is 12.6 Å². The Morgan fingerprint density at radius 2 is 1.95 bits per heavy atom. The largest absolute Gasteiger partial charge is 0.496 e. The lowest BCUT2D eigenvalue weighted by Gasteiger charge is -2.10. The minimum Gasteiger partial charge on any atom is -0.496 e. The Morgan fingerprint density at radius 1 is 1.25 bits per heavy atom. The Bertz CT molecular complexity index is 601. The van der Waals surface area contributed by atoms with Gasteiger partial charge in [-0.3, -0.25) is 0 Å². The maximum Gasteiger partial charge on any atom is 0.137 e. The van der Waals surface area contributed by atoms with Crippen LogP contribution in [0.1, 0.15) is 0 Å². The normalized spacial score (nSPS) is 10.2. The van der Waals surface area contributed by atoms with Crippen molar-refractivity contribution in [2.24, 2.45) is 0 Å². The molecule has 103 valence electrons. The van der Waals surface area contributed by atoms with Gasteiger partial charge in [0.25, 0.3) is 0 Å². The maximum absolute atomic E-state index is 14.1. The van der Waals surface area contributed by atoms with Crippen molar-refractivity contribution in [3.8, 4) is 22.6 Å². The summed E-state index contributed by atoms with van der Waals surface area (Å²) in [5.74, 6) is -0.860. The first-order valence-electron chi connectivity index (χ1n) is 5.94. The molecule has 20 heavy (non-hydrogen) atoms. The molecule has 0 amide bonds. The monoisotopic (exact) mass is 275 g/mol. The molecule has 0 aliphatic rings. The zero-order chi connectivity index (χ0) is 14.5. The van der Waals surface area contributed by atoms with Gasteiger partial charge in [-0.25, -0.2) is 8.78 Å². The van der Waals surface area contributed by atoms with Gasteiger partial charge < -0.3 is 9.47 Å². The molecule has 2 aromatic rings. The number of hydrogen-bond donors (Lipinski definition) is 0. The fraction of sp³-hybridized carbons (Fsp3) is 0.125. The highest BCUT2D eigenvalue weighted by Gasteiger charge is 2.14. The third-order valence-corrected chi connectivity index (χ3v) is 2.67. The predicted octanol–water partition coefficient (Wildman–Crippen LogP) is 4.01. The van der Waals surface area contributed by atoms with Crippen LogP contribution < -0.4 is 9.47 Å². The number of rotatable bonds is 5. The molecule has 0 fully saturated rings. The van der Waals surface area contributed by atoms with E-state index in [1.807, 2.05) is 0 Å². The van der Waals surface area contributed by atoms with E-state index in [4.69, 9.17) is 9.47 Å². The molecule has 0 unspecified atom stereocenters. The van der Waals surface area contributed by atoms with E-state index in [1.54, 1.807) is 12.1 Å². The first-order chi connectivity index (χ1) is 9.65. The second-order valence-corrected chi connectivity index (χ2v) is 4.01. The Kier molecular flexibility index (Phi) is 4.35. The fourth-order valence-electron chi connectivity index (χ4n) is 1.78. The quantitative estimate of drug-likeness (QED) is 0.768. The van der Waals surface area contributed by atoms with Gasteiger partial charge in [0.1, 0.15) is 29.7 Å². The van der Waals surface area contributed by atoms with Crippen molar-refractivity contribution >= 4 is 0 Å². The van der Waals surface area contributed by atoms with Crippen LogP contribution in [-0.2, 0) is 0 Å². The molecule has 0 atom stereocenters. The van der Waals surface area contributed by atoms with Crippen LogP contribution in [0.25, 0.3) is 11.1 Å². The molecule has 2 aromatic carbocycles. The molecule has 0 aliphatic carbocycles. The number of benzene rings is 2. The van der Waals surface area contributed by atoms with Crippen LogP contribution in [0.4, 0.5) is 8.78 Å². The summed E-state index contributed by atoms with van der Waals surface area (Å²) in [5.41, 5.74) is 0.258. The highest BCUT2D eigenvalue weighted by atomic mass is 19.1. The van der Waals surface area contributed by atoms with E-state index in [1.165, 1.54) is 19.3 Å². The summed E-state index contributed by atoms with van der Waals surface area (Å²) in [6.45, 7) is 3.66.